The van der Waals surface area contributed by atoms with Gasteiger partial charge < -0.3 is 15.2 Å². The summed E-state index contributed by atoms with van der Waals surface area (Å²) in [5, 5.41) is 12.4. The molecule has 2 N–H and O–H groups in total. The monoisotopic (exact) mass is 357 g/mol. The van der Waals surface area contributed by atoms with Crippen LogP contribution in [-0.4, -0.2) is 29.4 Å². The molecule has 0 aliphatic rings. The first-order valence-corrected chi connectivity index (χ1v) is 7.86. The van der Waals surface area contributed by atoms with E-state index in [1.54, 1.807) is 0 Å². The van der Waals surface area contributed by atoms with Gasteiger partial charge >= 0.3 is 6.09 Å². The van der Waals surface area contributed by atoms with E-state index in [1.165, 1.54) is 0 Å². The number of rotatable bonds is 5. The van der Waals surface area contributed by atoms with Gasteiger partial charge in [-0.25, -0.2) is 4.79 Å². The van der Waals surface area contributed by atoms with Crippen LogP contribution in [0.25, 0.3) is 0 Å². The van der Waals surface area contributed by atoms with Crippen LogP contribution < -0.4 is 5.32 Å². The Bertz CT molecular complexity index is 471. The Morgan fingerprint density at radius 3 is 2.52 bits per heavy atom. The van der Waals surface area contributed by atoms with Crippen LogP contribution in [0.2, 0.25) is 0 Å². The predicted octanol–water partition coefficient (Wildman–Crippen LogP) is 3.51. The van der Waals surface area contributed by atoms with Crippen molar-refractivity contribution >= 4 is 22.0 Å². The van der Waals surface area contributed by atoms with Crippen LogP contribution in [0.1, 0.15) is 33.3 Å². The molecule has 5 heteroatoms. The van der Waals surface area contributed by atoms with Crippen LogP contribution >= 0.6 is 15.9 Å². The Hall–Kier alpha value is -1.07. The fourth-order valence-corrected chi connectivity index (χ4v) is 2.40. The maximum Gasteiger partial charge on any atom is 0.407 e. The van der Waals surface area contributed by atoms with Crippen molar-refractivity contribution < 1.29 is 14.6 Å². The van der Waals surface area contributed by atoms with E-state index < -0.39 is 11.7 Å². The van der Waals surface area contributed by atoms with Crippen molar-refractivity contribution in [1.29, 1.82) is 0 Å². The molecule has 4 nitrogen and oxygen atoms in total. The molecule has 0 spiro atoms. The summed E-state index contributed by atoms with van der Waals surface area (Å²) in [4.78, 5) is 11.8. The summed E-state index contributed by atoms with van der Waals surface area (Å²) < 4.78 is 6.24. The van der Waals surface area contributed by atoms with Crippen molar-refractivity contribution in [3.05, 3.63) is 34.3 Å². The molecule has 0 saturated heterocycles. The second kappa shape index (κ2) is 7.80. The van der Waals surface area contributed by atoms with Crippen molar-refractivity contribution in [1.82, 2.24) is 5.32 Å². The number of aliphatic hydroxyl groups is 1. The average molecular weight is 358 g/mol. The van der Waals surface area contributed by atoms with Gasteiger partial charge in [0.05, 0.1) is 0 Å². The summed E-state index contributed by atoms with van der Waals surface area (Å²) in [6.45, 7) is 7.34. The molecule has 21 heavy (non-hydrogen) atoms. The molecule has 0 aromatic heterocycles. The molecular weight excluding hydrogens is 334 g/mol. The molecule has 0 heterocycles. The summed E-state index contributed by atoms with van der Waals surface area (Å²) in [6.07, 6.45) is 0.218. The zero-order valence-electron chi connectivity index (χ0n) is 13.0. The Morgan fingerprint density at radius 2 is 2.00 bits per heavy atom. The molecule has 0 unspecified atom stereocenters. The maximum atomic E-state index is 11.8. The Labute approximate surface area is 135 Å². The van der Waals surface area contributed by atoms with Gasteiger partial charge in [-0.15, -0.1) is 0 Å². The largest absolute Gasteiger partial charge is 0.444 e. The molecule has 0 radical (unpaired) electrons. The van der Waals surface area contributed by atoms with Gasteiger partial charge in [0.25, 0.3) is 0 Å². The highest BCUT2D eigenvalue weighted by atomic mass is 79.9. The van der Waals surface area contributed by atoms with Gasteiger partial charge in [0, 0.05) is 23.0 Å². The molecule has 0 fully saturated rings. The lowest BCUT2D eigenvalue weighted by Gasteiger charge is -2.26. The van der Waals surface area contributed by atoms with E-state index in [9.17, 15) is 9.90 Å². The molecule has 1 rings (SSSR count). The molecular formula is C16H24BrNO3. The lowest BCUT2D eigenvalue weighted by atomic mass is 9.94. The van der Waals surface area contributed by atoms with Crippen LogP contribution in [0.3, 0.4) is 0 Å². The highest BCUT2D eigenvalue weighted by Crippen LogP contribution is 2.21. The van der Waals surface area contributed by atoms with Gasteiger partial charge in [0.2, 0.25) is 0 Å². The number of halogens is 1. The Kier molecular flexibility index (Phi) is 6.68. The van der Waals surface area contributed by atoms with E-state index in [0.717, 1.165) is 10.0 Å². The molecule has 1 aromatic carbocycles. The van der Waals surface area contributed by atoms with E-state index >= 15 is 0 Å². The van der Waals surface area contributed by atoms with Crippen LogP contribution in [0, 0.1) is 5.92 Å². The minimum absolute atomic E-state index is 0.00169. The van der Waals surface area contributed by atoms with E-state index in [0.29, 0.717) is 6.42 Å². The first kappa shape index (κ1) is 18.0. The normalized spacial score (nSPS) is 14.4. The van der Waals surface area contributed by atoms with Gasteiger partial charge in [-0.1, -0.05) is 34.1 Å². The van der Waals surface area contributed by atoms with E-state index in [-0.39, 0.29) is 18.6 Å². The third-order valence-corrected chi connectivity index (χ3v) is 3.90. The van der Waals surface area contributed by atoms with Crippen molar-refractivity contribution in [2.75, 3.05) is 6.61 Å². The predicted molar refractivity (Wildman–Crippen MR) is 87.3 cm³/mol. The third-order valence-electron chi connectivity index (χ3n) is 3.13. The van der Waals surface area contributed by atoms with Crippen molar-refractivity contribution in [3.8, 4) is 0 Å². The van der Waals surface area contributed by atoms with Crippen LogP contribution in [0.5, 0.6) is 0 Å². The minimum Gasteiger partial charge on any atom is -0.444 e. The number of hydrogen-bond acceptors (Lipinski definition) is 3. The second-order valence-electron chi connectivity index (χ2n) is 6.17. The average Bonchev–Trinajstić information content (AvgIpc) is 2.35. The standard InChI is InChI=1S/C16H24BrNO3/c1-11(18-15(20)21-16(2,3)4)13(10-19)9-12-7-5-6-8-14(12)17/h5-8,11,13,19H,9-10H2,1-4H3,(H,18,20)/t11-,13+/m1/s1. The molecule has 0 saturated carbocycles. The molecule has 2 atom stereocenters. The third kappa shape index (κ3) is 6.48. The van der Waals surface area contributed by atoms with E-state index in [2.05, 4.69) is 21.2 Å². The van der Waals surface area contributed by atoms with Gasteiger partial charge in [-0.3, -0.25) is 0 Å². The zero-order chi connectivity index (χ0) is 16.0. The fourth-order valence-electron chi connectivity index (χ4n) is 1.96. The first-order chi connectivity index (χ1) is 9.73. The lowest BCUT2D eigenvalue weighted by Crippen LogP contribution is -2.43. The van der Waals surface area contributed by atoms with E-state index in [1.807, 2.05) is 52.0 Å². The van der Waals surface area contributed by atoms with Gasteiger partial charge in [0.1, 0.15) is 5.60 Å². The topological polar surface area (TPSA) is 58.6 Å². The summed E-state index contributed by atoms with van der Waals surface area (Å²) in [6, 6.07) is 7.70. The number of hydrogen-bond donors (Lipinski definition) is 2. The number of carbonyl (C=O) groups is 1. The fraction of sp³-hybridized carbons (Fsp3) is 0.562. The molecule has 0 bridgehead atoms. The highest BCUT2D eigenvalue weighted by Gasteiger charge is 2.23. The van der Waals surface area contributed by atoms with Gasteiger partial charge in [0.15, 0.2) is 0 Å². The second-order valence-corrected chi connectivity index (χ2v) is 7.03. The highest BCUT2D eigenvalue weighted by molar-refractivity contribution is 9.10. The zero-order valence-corrected chi connectivity index (χ0v) is 14.6. The van der Waals surface area contributed by atoms with Crippen molar-refractivity contribution in [3.63, 3.8) is 0 Å². The number of amides is 1. The van der Waals surface area contributed by atoms with Crippen molar-refractivity contribution in [2.45, 2.75) is 45.8 Å². The lowest BCUT2D eigenvalue weighted by molar-refractivity contribution is 0.0478. The van der Waals surface area contributed by atoms with Crippen LogP contribution in [0.4, 0.5) is 4.79 Å². The molecule has 0 aliphatic heterocycles. The molecule has 118 valence electrons. The Balaban J connectivity index is 2.63. The number of carbonyl (C=O) groups excluding carboxylic acids is 1. The summed E-state index contributed by atoms with van der Waals surface area (Å²) >= 11 is 3.50. The first-order valence-electron chi connectivity index (χ1n) is 7.06. The number of aliphatic hydroxyl groups excluding tert-OH is 1. The molecule has 0 aliphatic carbocycles. The molecule has 1 aromatic rings. The van der Waals surface area contributed by atoms with Crippen LogP contribution in [-0.2, 0) is 11.2 Å². The number of benzene rings is 1. The maximum absolute atomic E-state index is 11.8. The summed E-state index contributed by atoms with van der Waals surface area (Å²) in [5.41, 5.74) is 0.579. The van der Waals surface area contributed by atoms with E-state index in [4.69, 9.17) is 4.74 Å². The number of alkyl carbamates (subject to hydrolysis) is 1. The van der Waals surface area contributed by atoms with Crippen molar-refractivity contribution in [2.24, 2.45) is 5.92 Å². The number of ether oxygens (including phenoxy) is 1. The SMILES string of the molecule is C[C@@H](NC(=O)OC(C)(C)C)[C@H](CO)Cc1ccccc1Br. The van der Waals surface area contributed by atoms with Gasteiger partial charge in [-0.05, 0) is 45.7 Å². The summed E-state index contributed by atoms with van der Waals surface area (Å²) in [7, 11) is 0. The molecule has 1 amide bonds. The Morgan fingerprint density at radius 1 is 1.38 bits per heavy atom. The number of nitrogens with one attached hydrogen (secondary N) is 1. The minimum atomic E-state index is -0.527. The smallest absolute Gasteiger partial charge is 0.407 e. The quantitative estimate of drug-likeness (QED) is 0.847. The summed E-state index contributed by atoms with van der Waals surface area (Å²) in [5.74, 6) is -0.0729. The van der Waals surface area contributed by atoms with Gasteiger partial charge in [-0.2, -0.15) is 0 Å². The van der Waals surface area contributed by atoms with Crippen LogP contribution in [0.15, 0.2) is 28.7 Å².